The van der Waals surface area contributed by atoms with Crippen LogP contribution in [-0.4, -0.2) is 57.8 Å². The van der Waals surface area contributed by atoms with Crippen LogP contribution in [0.4, 0.5) is 0 Å². The van der Waals surface area contributed by atoms with E-state index in [1.807, 2.05) is 6.92 Å². The number of amides is 1. The van der Waals surface area contributed by atoms with Gasteiger partial charge in [0.25, 0.3) is 0 Å². The molecule has 0 saturated heterocycles. The number of nitrogens with zero attached hydrogens (tertiary/aromatic N) is 3. The number of carboxylic acid groups (broad SMARTS) is 1. The van der Waals surface area contributed by atoms with Gasteiger partial charge in [0.1, 0.15) is 12.4 Å². The number of carbonyl (C=O) groups excluding carboxylic acids is 1. The summed E-state index contributed by atoms with van der Waals surface area (Å²) >= 11 is 1.05. The first kappa shape index (κ1) is 16.4. The molecular weight excluding hydrogens is 284 g/mol. The first-order chi connectivity index (χ1) is 9.58. The monoisotopic (exact) mass is 302 g/mol. The zero-order valence-electron chi connectivity index (χ0n) is 11.5. The fourth-order valence-corrected chi connectivity index (χ4v) is 2.14. The molecule has 0 fully saturated rings. The Labute approximate surface area is 120 Å². The molecule has 0 aromatic carbocycles. The van der Waals surface area contributed by atoms with Gasteiger partial charge in [-0.15, -0.1) is 10.2 Å². The van der Waals surface area contributed by atoms with Crippen molar-refractivity contribution in [2.24, 2.45) is 0 Å². The van der Waals surface area contributed by atoms with Gasteiger partial charge in [0.05, 0.1) is 12.4 Å². The lowest BCUT2D eigenvalue weighted by Crippen LogP contribution is -2.31. The molecule has 0 aliphatic heterocycles. The molecule has 1 rings (SSSR count). The second kappa shape index (κ2) is 8.54. The minimum absolute atomic E-state index is 0.0713. The second-order valence-corrected chi connectivity index (χ2v) is 4.81. The summed E-state index contributed by atoms with van der Waals surface area (Å²) in [4.78, 5) is 22.4. The molecule has 0 radical (unpaired) electrons. The Morgan fingerprint density at radius 3 is 2.80 bits per heavy atom. The molecule has 1 heterocycles. The van der Waals surface area contributed by atoms with Crippen molar-refractivity contribution in [3.8, 4) is 0 Å². The topological polar surface area (TPSA) is 106 Å². The van der Waals surface area contributed by atoms with Gasteiger partial charge in [0.2, 0.25) is 5.91 Å². The molecule has 0 atom stereocenters. The Hall–Kier alpha value is -1.61. The van der Waals surface area contributed by atoms with E-state index in [4.69, 9.17) is 9.84 Å². The van der Waals surface area contributed by atoms with E-state index in [0.29, 0.717) is 30.6 Å². The highest BCUT2D eigenvalue weighted by molar-refractivity contribution is 7.99. The molecule has 112 valence electrons. The highest BCUT2D eigenvalue weighted by atomic mass is 32.2. The predicted molar refractivity (Wildman–Crippen MR) is 72.6 cm³/mol. The second-order valence-electron chi connectivity index (χ2n) is 3.86. The van der Waals surface area contributed by atoms with Gasteiger partial charge in [-0.2, -0.15) is 0 Å². The summed E-state index contributed by atoms with van der Waals surface area (Å²) in [5, 5.41) is 19.7. The standard InChI is InChI=1S/C11H18N4O4S/c1-3-8-13-14-11(20-7-10(17)18)15(8)6-9(16)12-4-5-19-2/h3-7H2,1-2H3,(H,12,16)(H,17,18). The molecular formula is C11H18N4O4S. The minimum atomic E-state index is -0.938. The van der Waals surface area contributed by atoms with Crippen molar-refractivity contribution in [1.29, 1.82) is 0 Å². The van der Waals surface area contributed by atoms with E-state index >= 15 is 0 Å². The summed E-state index contributed by atoms with van der Waals surface area (Å²) in [5.74, 6) is -0.590. The lowest BCUT2D eigenvalue weighted by molar-refractivity contribution is -0.133. The molecule has 1 amide bonds. The van der Waals surface area contributed by atoms with E-state index < -0.39 is 5.97 Å². The Morgan fingerprint density at radius 1 is 1.45 bits per heavy atom. The number of methoxy groups -OCH3 is 1. The van der Waals surface area contributed by atoms with E-state index in [-0.39, 0.29) is 18.2 Å². The zero-order chi connectivity index (χ0) is 15.0. The van der Waals surface area contributed by atoms with Crippen LogP contribution in [0.2, 0.25) is 0 Å². The lowest BCUT2D eigenvalue weighted by Gasteiger charge is -2.09. The number of ether oxygens (including phenoxy) is 1. The summed E-state index contributed by atoms with van der Waals surface area (Å²) < 4.78 is 6.48. The summed E-state index contributed by atoms with van der Waals surface area (Å²) in [5.41, 5.74) is 0. The number of thioether (sulfide) groups is 1. The Morgan fingerprint density at radius 2 is 2.20 bits per heavy atom. The molecule has 0 bridgehead atoms. The number of hydrogen-bond acceptors (Lipinski definition) is 6. The SMILES string of the molecule is CCc1nnc(SCC(=O)O)n1CC(=O)NCCOC. The molecule has 2 N–H and O–H groups in total. The molecule has 9 heteroatoms. The van der Waals surface area contributed by atoms with Gasteiger partial charge in [-0.25, -0.2) is 0 Å². The number of hydrogen-bond donors (Lipinski definition) is 2. The third-order valence-corrected chi connectivity index (χ3v) is 3.32. The van der Waals surface area contributed by atoms with Gasteiger partial charge in [0, 0.05) is 20.1 Å². The van der Waals surface area contributed by atoms with Crippen LogP contribution >= 0.6 is 11.8 Å². The van der Waals surface area contributed by atoms with Crippen molar-refractivity contribution in [3.63, 3.8) is 0 Å². The molecule has 20 heavy (non-hydrogen) atoms. The maximum Gasteiger partial charge on any atom is 0.313 e. The van der Waals surface area contributed by atoms with Gasteiger partial charge < -0.3 is 15.2 Å². The van der Waals surface area contributed by atoms with Gasteiger partial charge in [-0.3, -0.25) is 14.2 Å². The molecule has 1 aromatic heterocycles. The van der Waals surface area contributed by atoms with Crippen molar-refractivity contribution in [1.82, 2.24) is 20.1 Å². The van der Waals surface area contributed by atoms with E-state index in [9.17, 15) is 9.59 Å². The van der Waals surface area contributed by atoms with Crippen molar-refractivity contribution in [3.05, 3.63) is 5.82 Å². The lowest BCUT2D eigenvalue weighted by atomic mass is 10.4. The van der Waals surface area contributed by atoms with Crippen molar-refractivity contribution in [2.75, 3.05) is 26.0 Å². The number of aryl methyl sites for hydroxylation is 1. The molecule has 1 aromatic rings. The summed E-state index contributed by atoms with van der Waals surface area (Å²) in [7, 11) is 1.56. The van der Waals surface area contributed by atoms with Crippen molar-refractivity contribution in [2.45, 2.75) is 25.0 Å². The molecule has 0 unspecified atom stereocenters. The Balaban J connectivity index is 2.67. The number of rotatable bonds is 9. The van der Waals surface area contributed by atoms with Gasteiger partial charge in [0.15, 0.2) is 5.16 Å². The van der Waals surface area contributed by atoms with Crippen LogP contribution in [0.25, 0.3) is 0 Å². The van der Waals surface area contributed by atoms with Crippen LogP contribution in [0.5, 0.6) is 0 Å². The average Bonchev–Trinajstić information content (AvgIpc) is 2.78. The number of carbonyl (C=O) groups is 2. The first-order valence-electron chi connectivity index (χ1n) is 6.10. The first-order valence-corrected chi connectivity index (χ1v) is 7.09. The summed E-state index contributed by atoms with van der Waals surface area (Å²) in [6, 6.07) is 0. The smallest absolute Gasteiger partial charge is 0.313 e. The Kier molecular flexibility index (Phi) is 7.02. The van der Waals surface area contributed by atoms with Crippen LogP contribution < -0.4 is 5.32 Å². The van der Waals surface area contributed by atoms with Crippen LogP contribution in [0, 0.1) is 0 Å². The zero-order valence-corrected chi connectivity index (χ0v) is 12.3. The van der Waals surface area contributed by atoms with E-state index in [0.717, 1.165) is 11.8 Å². The fourth-order valence-electron chi connectivity index (χ4n) is 1.46. The molecule has 0 aliphatic rings. The third kappa shape index (κ3) is 5.17. The fraction of sp³-hybridized carbons (Fsp3) is 0.636. The quantitative estimate of drug-likeness (QED) is 0.480. The molecule has 0 aliphatic carbocycles. The van der Waals surface area contributed by atoms with Gasteiger partial charge in [-0.05, 0) is 0 Å². The van der Waals surface area contributed by atoms with Gasteiger partial charge in [-0.1, -0.05) is 18.7 Å². The number of aromatic nitrogens is 3. The number of aliphatic carboxylic acids is 1. The average molecular weight is 302 g/mol. The molecule has 0 spiro atoms. The van der Waals surface area contributed by atoms with Crippen molar-refractivity contribution < 1.29 is 19.4 Å². The number of carboxylic acids is 1. The molecule has 8 nitrogen and oxygen atoms in total. The third-order valence-electron chi connectivity index (χ3n) is 2.36. The highest BCUT2D eigenvalue weighted by Crippen LogP contribution is 2.17. The van der Waals surface area contributed by atoms with Crippen LogP contribution in [0.15, 0.2) is 5.16 Å². The van der Waals surface area contributed by atoms with Crippen LogP contribution in [0.1, 0.15) is 12.7 Å². The number of nitrogens with one attached hydrogen (secondary N) is 1. The minimum Gasteiger partial charge on any atom is -0.481 e. The summed E-state index contributed by atoms with van der Waals surface area (Å²) in [6.45, 7) is 2.84. The largest absolute Gasteiger partial charge is 0.481 e. The van der Waals surface area contributed by atoms with Gasteiger partial charge >= 0.3 is 5.97 Å². The maximum atomic E-state index is 11.8. The van der Waals surface area contributed by atoms with E-state index in [2.05, 4.69) is 15.5 Å². The van der Waals surface area contributed by atoms with Crippen LogP contribution in [-0.2, 0) is 27.3 Å². The van der Waals surface area contributed by atoms with E-state index in [1.54, 1.807) is 11.7 Å². The highest BCUT2D eigenvalue weighted by Gasteiger charge is 2.15. The van der Waals surface area contributed by atoms with Crippen molar-refractivity contribution >= 4 is 23.6 Å². The van der Waals surface area contributed by atoms with Crippen LogP contribution in [0.3, 0.4) is 0 Å². The Bertz CT molecular complexity index is 463. The summed E-state index contributed by atoms with van der Waals surface area (Å²) in [6.07, 6.45) is 0.617. The normalized spacial score (nSPS) is 10.5. The van der Waals surface area contributed by atoms with E-state index in [1.165, 1.54) is 0 Å². The molecule has 0 saturated carbocycles. The maximum absolute atomic E-state index is 11.8. The predicted octanol–water partition coefficient (Wildman–Crippen LogP) is -0.220.